The molecule has 0 aliphatic carbocycles. The van der Waals surface area contributed by atoms with Crippen LogP contribution >= 0.6 is 23.2 Å². The van der Waals surface area contributed by atoms with E-state index in [2.05, 4.69) is 4.90 Å². The smallest absolute Gasteiger partial charge is 0.232 e. The number of nitrogens with zero attached hydrogens (tertiary/aromatic N) is 1. The molecule has 0 amide bonds. The third kappa shape index (κ3) is 3.77. The van der Waals surface area contributed by atoms with Crippen molar-refractivity contribution in [3.63, 3.8) is 0 Å². The number of rotatable bonds is 3. The van der Waals surface area contributed by atoms with Gasteiger partial charge in [-0.15, -0.1) is 0 Å². The van der Waals surface area contributed by atoms with Gasteiger partial charge in [-0.05, 0) is 48.4 Å². The second kappa shape index (κ2) is 8.24. The minimum atomic E-state index is -0.415. The van der Waals surface area contributed by atoms with Crippen molar-refractivity contribution in [2.75, 3.05) is 6.73 Å². The third-order valence-corrected chi connectivity index (χ3v) is 6.31. The van der Waals surface area contributed by atoms with Crippen molar-refractivity contribution in [1.82, 2.24) is 4.90 Å². The Morgan fingerprint density at radius 3 is 2.72 bits per heavy atom. The lowest BCUT2D eigenvalue weighted by Gasteiger charge is -2.30. The molecule has 4 nitrogen and oxygen atoms in total. The van der Waals surface area contributed by atoms with Gasteiger partial charge in [-0.2, -0.15) is 0 Å². The molecule has 0 unspecified atom stereocenters. The maximum Gasteiger partial charge on any atom is 0.232 e. The molecule has 0 saturated heterocycles. The molecular formula is C25H18Cl2FNO3. The number of aryl methyl sites for hydroxylation is 1. The Morgan fingerprint density at radius 1 is 1.12 bits per heavy atom. The van der Waals surface area contributed by atoms with Crippen molar-refractivity contribution >= 4 is 35.1 Å². The molecule has 5 rings (SSSR count). The minimum absolute atomic E-state index is 0.100. The topological polar surface area (TPSA) is 38.8 Å². The third-order valence-electron chi connectivity index (χ3n) is 5.57. The summed E-state index contributed by atoms with van der Waals surface area (Å²) in [4.78, 5) is 15.1. The number of hydrogen-bond acceptors (Lipinski definition) is 4. The Hall–Kier alpha value is -2.86. The minimum Gasteiger partial charge on any atom is -0.478 e. The molecule has 7 heteroatoms. The Bertz CT molecular complexity index is 1290. The number of ether oxygens (including phenoxy) is 2. The molecule has 3 aromatic rings. The maximum atomic E-state index is 14.1. The van der Waals surface area contributed by atoms with Crippen LogP contribution in [0.2, 0.25) is 10.0 Å². The molecule has 0 aromatic heterocycles. The van der Waals surface area contributed by atoms with E-state index in [4.69, 9.17) is 32.7 Å². The van der Waals surface area contributed by atoms with E-state index in [-0.39, 0.29) is 11.5 Å². The summed E-state index contributed by atoms with van der Waals surface area (Å²) in [5.41, 5.74) is 3.34. The number of fused-ring (bicyclic) bond motifs is 3. The predicted octanol–water partition coefficient (Wildman–Crippen LogP) is 6.41. The molecule has 0 saturated carbocycles. The van der Waals surface area contributed by atoms with Crippen molar-refractivity contribution in [2.45, 2.75) is 20.0 Å². The van der Waals surface area contributed by atoms with Gasteiger partial charge in [0.1, 0.15) is 24.0 Å². The zero-order valence-corrected chi connectivity index (χ0v) is 18.6. The molecule has 2 heterocycles. The van der Waals surface area contributed by atoms with Crippen LogP contribution in [0.4, 0.5) is 4.39 Å². The zero-order chi connectivity index (χ0) is 22.4. The van der Waals surface area contributed by atoms with Gasteiger partial charge in [0.25, 0.3) is 0 Å². The van der Waals surface area contributed by atoms with Crippen LogP contribution < -0.4 is 9.47 Å². The standard InChI is InChI=1S/C25H18Cl2FNO3/c1-14-8-21-17(12-29(13-31-21)11-15-6-7-18(26)19(27)9-15)25-23(14)24(30)22(32-25)10-16-4-2-3-5-20(16)28/h2-10H,11-13H2,1H3/b22-10-. The summed E-state index contributed by atoms with van der Waals surface area (Å²) in [5, 5.41) is 1.00. The fourth-order valence-electron chi connectivity index (χ4n) is 4.01. The lowest BCUT2D eigenvalue weighted by atomic mass is 9.98. The number of Topliss-reactive ketones (excluding diaryl/α,β-unsaturated/α-hetero) is 1. The van der Waals surface area contributed by atoms with Gasteiger partial charge in [0.15, 0.2) is 5.76 Å². The van der Waals surface area contributed by atoms with E-state index in [1.165, 1.54) is 12.1 Å². The largest absolute Gasteiger partial charge is 0.478 e. The van der Waals surface area contributed by atoms with Crippen molar-refractivity contribution in [1.29, 1.82) is 0 Å². The van der Waals surface area contributed by atoms with Crippen molar-refractivity contribution in [3.05, 3.63) is 98.0 Å². The summed E-state index contributed by atoms with van der Waals surface area (Å²) in [6.45, 7) is 3.35. The lowest BCUT2D eigenvalue weighted by Crippen LogP contribution is -2.31. The fourth-order valence-corrected chi connectivity index (χ4v) is 4.33. The van der Waals surface area contributed by atoms with Crippen molar-refractivity contribution in [3.8, 4) is 11.5 Å². The number of carbonyl (C=O) groups is 1. The van der Waals surface area contributed by atoms with Gasteiger partial charge in [-0.1, -0.05) is 47.5 Å². The maximum absolute atomic E-state index is 14.1. The fraction of sp³-hybridized carbons (Fsp3) is 0.160. The number of halogens is 3. The highest BCUT2D eigenvalue weighted by Crippen LogP contribution is 2.44. The van der Waals surface area contributed by atoms with E-state index < -0.39 is 5.82 Å². The number of ketones is 1. The van der Waals surface area contributed by atoms with Gasteiger partial charge in [0.2, 0.25) is 5.78 Å². The van der Waals surface area contributed by atoms with Crippen LogP contribution in [0, 0.1) is 12.7 Å². The summed E-state index contributed by atoms with van der Waals surface area (Å²) in [7, 11) is 0. The molecule has 2 aliphatic rings. The molecule has 3 aromatic carbocycles. The lowest BCUT2D eigenvalue weighted by molar-refractivity contribution is 0.0872. The zero-order valence-electron chi connectivity index (χ0n) is 17.1. The van der Waals surface area contributed by atoms with Crippen molar-refractivity contribution < 1.29 is 18.7 Å². The summed E-state index contributed by atoms with van der Waals surface area (Å²) < 4.78 is 26.1. The van der Waals surface area contributed by atoms with Gasteiger partial charge >= 0.3 is 0 Å². The number of hydrogen-bond donors (Lipinski definition) is 0. The molecule has 0 bridgehead atoms. The quantitative estimate of drug-likeness (QED) is 0.415. The Morgan fingerprint density at radius 2 is 1.94 bits per heavy atom. The summed E-state index contributed by atoms with van der Waals surface area (Å²) in [6, 6.07) is 13.6. The van der Waals surface area contributed by atoms with Gasteiger partial charge in [-0.25, -0.2) is 4.39 Å². The van der Waals surface area contributed by atoms with Crippen LogP contribution in [-0.2, 0) is 13.1 Å². The van der Waals surface area contributed by atoms with E-state index in [9.17, 15) is 9.18 Å². The van der Waals surface area contributed by atoms with Gasteiger partial charge in [-0.3, -0.25) is 9.69 Å². The highest BCUT2D eigenvalue weighted by Gasteiger charge is 2.35. The molecule has 162 valence electrons. The molecule has 32 heavy (non-hydrogen) atoms. The predicted molar refractivity (Wildman–Crippen MR) is 122 cm³/mol. The molecule has 0 atom stereocenters. The highest BCUT2D eigenvalue weighted by atomic mass is 35.5. The Kier molecular flexibility index (Phi) is 5.41. The number of benzene rings is 3. The first-order valence-corrected chi connectivity index (χ1v) is 10.8. The normalized spacial score (nSPS) is 16.5. The Labute approximate surface area is 194 Å². The van der Waals surface area contributed by atoms with E-state index in [1.54, 1.807) is 24.3 Å². The van der Waals surface area contributed by atoms with Gasteiger partial charge in [0.05, 0.1) is 21.2 Å². The van der Waals surface area contributed by atoms with Crippen LogP contribution in [0.25, 0.3) is 6.08 Å². The van der Waals surface area contributed by atoms with Crippen LogP contribution in [0.1, 0.15) is 32.6 Å². The van der Waals surface area contributed by atoms with Crippen LogP contribution in [0.3, 0.4) is 0 Å². The average Bonchev–Trinajstić information content (AvgIpc) is 3.10. The Balaban J connectivity index is 1.46. The van der Waals surface area contributed by atoms with Crippen molar-refractivity contribution in [2.24, 2.45) is 0 Å². The highest BCUT2D eigenvalue weighted by molar-refractivity contribution is 6.42. The SMILES string of the molecule is Cc1cc2c(c3c1C(=O)/C(=C/c1ccccc1F)O3)CN(Cc1ccc(Cl)c(Cl)c1)CO2. The monoisotopic (exact) mass is 469 g/mol. The molecule has 0 radical (unpaired) electrons. The molecule has 0 N–H and O–H groups in total. The molecule has 0 spiro atoms. The first-order valence-electron chi connectivity index (χ1n) is 10.0. The second-order valence-electron chi connectivity index (χ2n) is 7.84. The van der Waals surface area contributed by atoms with Crippen LogP contribution in [-0.4, -0.2) is 17.4 Å². The van der Waals surface area contributed by atoms with E-state index in [0.717, 1.165) is 16.7 Å². The molecular weight excluding hydrogens is 452 g/mol. The first kappa shape index (κ1) is 21.0. The average molecular weight is 470 g/mol. The van der Waals surface area contributed by atoms with E-state index in [1.807, 2.05) is 25.1 Å². The van der Waals surface area contributed by atoms with Gasteiger partial charge in [0, 0.05) is 18.7 Å². The number of allylic oxidation sites excluding steroid dienone is 1. The van der Waals surface area contributed by atoms with E-state index >= 15 is 0 Å². The van der Waals surface area contributed by atoms with Crippen LogP contribution in [0.5, 0.6) is 11.5 Å². The molecule has 0 fully saturated rings. The first-order chi connectivity index (χ1) is 15.4. The second-order valence-corrected chi connectivity index (χ2v) is 8.66. The van der Waals surface area contributed by atoms with E-state index in [0.29, 0.717) is 52.5 Å². The van der Waals surface area contributed by atoms with Gasteiger partial charge < -0.3 is 9.47 Å². The van der Waals surface area contributed by atoms with Crippen LogP contribution in [0.15, 0.2) is 54.3 Å². The summed E-state index contributed by atoms with van der Waals surface area (Å²) in [5.74, 6) is 0.591. The summed E-state index contributed by atoms with van der Waals surface area (Å²) >= 11 is 12.2. The number of carbonyl (C=O) groups excluding carboxylic acids is 1. The summed E-state index contributed by atoms with van der Waals surface area (Å²) in [6.07, 6.45) is 1.45. The molecule has 2 aliphatic heterocycles.